The first-order valence-corrected chi connectivity index (χ1v) is 7.92. The van der Waals surface area contributed by atoms with E-state index in [1.54, 1.807) is 11.8 Å². The SMILES string of the molecule is CCNc1cc(Oc2ccccc2SC)nc(CC)n1. The smallest absolute Gasteiger partial charge is 0.224 e. The van der Waals surface area contributed by atoms with Gasteiger partial charge in [-0.1, -0.05) is 19.1 Å². The molecule has 0 bridgehead atoms. The third kappa shape index (κ3) is 3.63. The van der Waals surface area contributed by atoms with Gasteiger partial charge in [0.25, 0.3) is 0 Å². The second-order valence-corrected chi connectivity index (χ2v) is 4.99. The number of aryl methyl sites for hydroxylation is 1. The Kier molecular flexibility index (Phi) is 5.24. The van der Waals surface area contributed by atoms with Crippen LogP contribution >= 0.6 is 11.8 Å². The first-order valence-electron chi connectivity index (χ1n) is 6.69. The van der Waals surface area contributed by atoms with Crippen LogP contribution in [0.25, 0.3) is 0 Å². The van der Waals surface area contributed by atoms with E-state index < -0.39 is 0 Å². The number of hydrogen-bond donors (Lipinski definition) is 1. The van der Waals surface area contributed by atoms with E-state index in [2.05, 4.69) is 15.3 Å². The highest BCUT2D eigenvalue weighted by molar-refractivity contribution is 7.98. The molecule has 1 aromatic carbocycles. The molecule has 2 rings (SSSR count). The molecule has 0 saturated carbocycles. The number of ether oxygens (including phenoxy) is 1. The third-order valence-corrected chi connectivity index (χ3v) is 3.48. The van der Waals surface area contributed by atoms with E-state index >= 15 is 0 Å². The zero-order valence-electron chi connectivity index (χ0n) is 12.0. The summed E-state index contributed by atoms with van der Waals surface area (Å²) >= 11 is 1.66. The van der Waals surface area contributed by atoms with Crippen LogP contribution in [-0.2, 0) is 6.42 Å². The molecule has 0 saturated heterocycles. The Hall–Kier alpha value is -1.75. The van der Waals surface area contributed by atoms with Crippen molar-refractivity contribution in [3.63, 3.8) is 0 Å². The molecule has 2 aromatic rings. The number of para-hydroxylation sites is 1. The van der Waals surface area contributed by atoms with Crippen molar-refractivity contribution in [1.82, 2.24) is 9.97 Å². The van der Waals surface area contributed by atoms with Crippen LogP contribution < -0.4 is 10.1 Å². The number of rotatable bonds is 6. The Morgan fingerprint density at radius 1 is 1.20 bits per heavy atom. The van der Waals surface area contributed by atoms with E-state index in [9.17, 15) is 0 Å². The lowest BCUT2D eigenvalue weighted by molar-refractivity contribution is 0.449. The largest absolute Gasteiger partial charge is 0.438 e. The van der Waals surface area contributed by atoms with E-state index in [1.165, 1.54) is 0 Å². The van der Waals surface area contributed by atoms with Gasteiger partial charge in [0.05, 0.1) is 0 Å². The summed E-state index contributed by atoms with van der Waals surface area (Å²) in [6.45, 7) is 4.89. The van der Waals surface area contributed by atoms with Crippen molar-refractivity contribution in [1.29, 1.82) is 0 Å². The van der Waals surface area contributed by atoms with Crippen molar-refractivity contribution in [2.45, 2.75) is 25.2 Å². The molecule has 0 fully saturated rings. The van der Waals surface area contributed by atoms with Gasteiger partial charge in [-0.15, -0.1) is 11.8 Å². The molecular formula is C15H19N3OS. The maximum atomic E-state index is 5.92. The molecule has 0 unspecified atom stereocenters. The Morgan fingerprint density at radius 3 is 2.70 bits per heavy atom. The number of nitrogens with one attached hydrogen (secondary N) is 1. The van der Waals surface area contributed by atoms with Gasteiger partial charge in [0, 0.05) is 23.9 Å². The summed E-state index contributed by atoms with van der Waals surface area (Å²) < 4.78 is 5.92. The highest BCUT2D eigenvalue weighted by Crippen LogP contribution is 2.31. The first-order chi connectivity index (χ1) is 9.76. The maximum absolute atomic E-state index is 5.92. The van der Waals surface area contributed by atoms with E-state index in [0.29, 0.717) is 5.88 Å². The van der Waals surface area contributed by atoms with Crippen molar-refractivity contribution in [2.75, 3.05) is 18.1 Å². The molecule has 0 aliphatic rings. The molecule has 0 radical (unpaired) electrons. The van der Waals surface area contributed by atoms with Gasteiger partial charge in [0.1, 0.15) is 17.4 Å². The fourth-order valence-electron chi connectivity index (χ4n) is 1.77. The molecule has 1 aromatic heterocycles. The molecule has 0 atom stereocenters. The summed E-state index contributed by atoms with van der Waals surface area (Å²) in [7, 11) is 0. The van der Waals surface area contributed by atoms with Crippen molar-refractivity contribution in [2.24, 2.45) is 0 Å². The predicted octanol–water partition coefficient (Wildman–Crippen LogP) is 3.99. The molecule has 20 heavy (non-hydrogen) atoms. The number of benzene rings is 1. The first kappa shape index (κ1) is 14.7. The molecule has 106 valence electrons. The van der Waals surface area contributed by atoms with E-state index in [0.717, 1.165) is 35.3 Å². The van der Waals surface area contributed by atoms with Crippen LogP contribution in [0.1, 0.15) is 19.7 Å². The molecule has 1 N–H and O–H groups in total. The van der Waals surface area contributed by atoms with Crippen LogP contribution in [0.2, 0.25) is 0 Å². The predicted molar refractivity (Wildman–Crippen MR) is 83.9 cm³/mol. The van der Waals surface area contributed by atoms with Crippen molar-refractivity contribution >= 4 is 17.6 Å². The van der Waals surface area contributed by atoms with Crippen LogP contribution in [0, 0.1) is 0 Å². The van der Waals surface area contributed by atoms with Crippen molar-refractivity contribution in [3.8, 4) is 11.6 Å². The molecule has 0 aliphatic heterocycles. The van der Waals surface area contributed by atoms with Gasteiger partial charge in [0.2, 0.25) is 5.88 Å². The van der Waals surface area contributed by atoms with Crippen molar-refractivity contribution in [3.05, 3.63) is 36.2 Å². The van der Waals surface area contributed by atoms with Gasteiger partial charge in [-0.2, -0.15) is 4.98 Å². The summed E-state index contributed by atoms with van der Waals surface area (Å²) in [4.78, 5) is 9.93. The second kappa shape index (κ2) is 7.14. The van der Waals surface area contributed by atoms with Gasteiger partial charge in [0.15, 0.2) is 0 Å². The summed E-state index contributed by atoms with van der Waals surface area (Å²) in [6.07, 6.45) is 2.81. The monoisotopic (exact) mass is 289 g/mol. The second-order valence-electron chi connectivity index (χ2n) is 4.14. The fraction of sp³-hybridized carbons (Fsp3) is 0.333. The van der Waals surface area contributed by atoms with E-state index in [4.69, 9.17) is 4.74 Å². The average Bonchev–Trinajstić information content (AvgIpc) is 2.48. The topological polar surface area (TPSA) is 47.0 Å². The summed E-state index contributed by atoms with van der Waals surface area (Å²) in [5.74, 6) is 2.98. The van der Waals surface area contributed by atoms with Gasteiger partial charge in [-0.25, -0.2) is 4.98 Å². The molecule has 1 heterocycles. The van der Waals surface area contributed by atoms with Gasteiger partial charge in [-0.3, -0.25) is 0 Å². The van der Waals surface area contributed by atoms with Crippen LogP contribution in [-0.4, -0.2) is 22.8 Å². The van der Waals surface area contributed by atoms with Gasteiger partial charge in [-0.05, 0) is 25.3 Å². The molecule has 5 heteroatoms. The Morgan fingerprint density at radius 2 is 2.00 bits per heavy atom. The number of anilines is 1. The minimum absolute atomic E-state index is 0.578. The van der Waals surface area contributed by atoms with Crippen LogP contribution in [0.15, 0.2) is 35.2 Å². The van der Waals surface area contributed by atoms with E-state index in [-0.39, 0.29) is 0 Å². The van der Waals surface area contributed by atoms with Crippen LogP contribution in [0.5, 0.6) is 11.6 Å². The lowest BCUT2D eigenvalue weighted by Gasteiger charge is -2.11. The highest BCUT2D eigenvalue weighted by atomic mass is 32.2. The highest BCUT2D eigenvalue weighted by Gasteiger charge is 2.08. The summed E-state index contributed by atoms with van der Waals surface area (Å²) in [5.41, 5.74) is 0. The number of nitrogens with zero attached hydrogens (tertiary/aromatic N) is 2. The van der Waals surface area contributed by atoms with Crippen LogP contribution in [0.4, 0.5) is 5.82 Å². The number of thioether (sulfide) groups is 1. The Bertz CT molecular complexity index is 575. The quantitative estimate of drug-likeness (QED) is 0.815. The molecule has 0 spiro atoms. The third-order valence-electron chi connectivity index (χ3n) is 2.71. The maximum Gasteiger partial charge on any atom is 0.224 e. The zero-order valence-corrected chi connectivity index (χ0v) is 12.8. The lowest BCUT2D eigenvalue weighted by Crippen LogP contribution is -2.04. The van der Waals surface area contributed by atoms with Crippen molar-refractivity contribution < 1.29 is 4.74 Å². The van der Waals surface area contributed by atoms with Crippen LogP contribution in [0.3, 0.4) is 0 Å². The zero-order chi connectivity index (χ0) is 14.4. The summed E-state index contributed by atoms with van der Waals surface area (Å²) in [5, 5.41) is 3.20. The lowest BCUT2D eigenvalue weighted by atomic mass is 10.3. The van der Waals surface area contributed by atoms with E-state index in [1.807, 2.05) is 50.4 Å². The molecule has 4 nitrogen and oxygen atoms in total. The summed E-state index contributed by atoms with van der Waals surface area (Å²) in [6, 6.07) is 9.78. The number of aromatic nitrogens is 2. The average molecular weight is 289 g/mol. The number of hydrogen-bond acceptors (Lipinski definition) is 5. The fourth-order valence-corrected chi connectivity index (χ4v) is 2.30. The molecule has 0 amide bonds. The standard InChI is InChI=1S/C15H19N3OS/c1-4-13-17-14(16-5-2)10-15(18-13)19-11-8-6-7-9-12(11)20-3/h6-10H,4-5H2,1-3H3,(H,16,17,18). The molecular weight excluding hydrogens is 270 g/mol. The minimum Gasteiger partial charge on any atom is -0.438 e. The normalized spacial score (nSPS) is 10.3. The van der Waals surface area contributed by atoms with Gasteiger partial charge >= 0.3 is 0 Å². The Balaban J connectivity index is 2.30. The Labute approximate surface area is 124 Å². The molecule has 0 aliphatic carbocycles. The van der Waals surface area contributed by atoms with Gasteiger partial charge < -0.3 is 10.1 Å². The minimum atomic E-state index is 0.578.